The fraction of sp³-hybridized carbons (Fsp3) is 0.292. The van der Waals surface area contributed by atoms with Crippen molar-refractivity contribution in [3.05, 3.63) is 46.1 Å². The van der Waals surface area contributed by atoms with Crippen molar-refractivity contribution in [1.82, 2.24) is 0 Å². The van der Waals surface area contributed by atoms with Crippen molar-refractivity contribution < 1.29 is 64.3 Å². The summed E-state index contributed by atoms with van der Waals surface area (Å²) >= 11 is 0. The third-order valence-corrected chi connectivity index (χ3v) is 5.93. The van der Waals surface area contributed by atoms with Crippen molar-refractivity contribution in [2.75, 3.05) is 6.61 Å². The summed E-state index contributed by atoms with van der Waals surface area (Å²) in [6, 6.07) is 5.19. The van der Waals surface area contributed by atoms with Crippen molar-refractivity contribution >= 4 is 22.9 Å². The second-order valence-corrected chi connectivity index (χ2v) is 8.54. The third kappa shape index (κ3) is 4.92. The molecule has 2 aromatic carbocycles. The van der Waals surface area contributed by atoms with Crippen LogP contribution in [0.15, 0.2) is 39.5 Å². The maximum absolute atomic E-state index is 13.6. The van der Waals surface area contributed by atoms with Gasteiger partial charge in [0, 0.05) is 17.7 Å². The number of aliphatic hydroxyl groups excluding tert-OH is 3. The number of ether oxygens (including phenoxy) is 2. The molecule has 14 heteroatoms. The van der Waals surface area contributed by atoms with Crippen LogP contribution in [0.4, 0.5) is 0 Å². The molecule has 0 saturated carbocycles. The second-order valence-electron chi connectivity index (χ2n) is 8.54. The van der Waals surface area contributed by atoms with E-state index in [-0.39, 0.29) is 16.9 Å². The SMILES string of the molecule is O=C(O)CC(=O)OC[C@H]1O[C@@H](c2c(-c3ccc(O)c(O)c3)oc3cc(O)cc(O)c3c2=O)[C@H](O)[C@@H](O)[C@@H]1O. The Morgan fingerprint density at radius 1 is 0.895 bits per heavy atom. The number of fused-ring (bicyclic) bond motifs is 1. The summed E-state index contributed by atoms with van der Waals surface area (Å²) in [6.07, 6.45) is -10.1. The molecule has 1 aliphatic rings. The molecule has 1 fully saturated rings. The van der Waals surface area contributed by atoms with E-state index in [9.17, 15) is 50.1 Å². The highest BCUT2D eigenvalue weighted by molar-refractivity contribution is 5.90. The van der Waals surface area contributed by atoms with Crippen molar-refractivity contribution in [2.45, 2.75) is 36.9 Å². The van der Waals surface area contributed by atoms with Crippen LogP contribution >= 0.6 is 0 Å². The Labute approximate surface area is 211 Å². The molecule has 4 rings (SSSR count). The van der Waals surface area contributed by atoms with E-state index < -0.39 is 94.9 Å². The minimum atomic E-state index is -1.97. The molecule has 0 unspecified atom stereocenters. The lowest BCUT2D eigenvalue weighted by molar-refractivity contribution is -0.234. The van der Waals surface area contributed by atoms with E-state index in [1.807, 2.05) is 0 Å². The minimum Gasteiger partial charge on any atom is -0.508 e. The van der Waals surface area contributed by atoms with Crippen LogP contribution in [0.2, 0.25) is 0 Å². The lowest BCUT2D eigenvalue weighted by Gasteiger charge is -2.40. The number of aliphatic carboxylic acids is 1. The summed E-state index contributed by atoms with van der Waals surface area (Å²) in [4.78, 5) is 36.0. The molecule has 14 nitrogen and oxygen atoms in total. The Kier molecular flexibility index (Phi) is 7.15. The number of benzene rings is 2. The first-order valence-electron chi connectivity index (χ1n) is 11.0. The lowest BCUT2D eigenvalue weighted by Crippen LogP contribution is -2.56. The number of esters is 1. The zero-order valence-corrected chi connectivity index (χ0v) is 19.2. The van der Waals surface area contributed by atoms with Gasteiger partial charge in [-0.25, -0.2) is 0 Å². The number of hydrogen-bond acceptors (Lipinski definition) is 13. The number of aliphatic hydroxyl groups is 3. The maximum Gasteiger partial charge on any atom is 0.317 e. The molecule has 38 heavy (non-hydrogen) atoms. The molecule has 8 N–H and O–H groups in total. The Morgan fingerprint density at radius 2 is 1.61 bits per heavy atom. The van der Waals surface area contributed by atoms with E-state index in [0.717, 1.165) is 24.3 Å². The number of phenols is 4. The average Bonchev–Trinajstić information content (AvgIpc) is 2.83. The first kappa shape index (κ1) is 26.7. The van der Waals surface area contributed by atoms with Gasteiger partial charge in [0.1, 0.15) is 71.8 Å². The smallest absolute Gasteiger partial charge is 0.317 e. The standard InChI is InChI=1S/C24H22O14/c25-9-4-12(28)17-13(5-9)37-23(8-1-2-10(26)11(27)3-8)18(20(17)33)24-22(35)21(34)19(32)14(38-24)7-36-16(31)6-15(29)30/h1-5,14,19,21-22,24-28,32,34-35H,6-7H2,(H,29,30)/t14-,19-,21+,22-,24+/m1/s1. The highest BCUT2D eigenvalue weighted by Gasteiger charge is 2.47. The molecular formula is C24H22O14. The number of phenolic OH excluding ortho intramolecular Hbond substituents is 4. The minimum absolute atomic E-state index is 0.0296. The van der Waals surface area contributed by atoms with E-state index in [1.165, 1.54) is 6.07 Å². The van der Waals surface area contributed by atoms with E-state index in [2.05, 4.69) is 0 Å². The fourth-order valence-corrected chi connectivity index (χ4v) is 4.11. The van der Waals surface area contributed by atoms with E-state index >= 15 is 0 Å². The van der Waals surface area contributed by atoms with Crippen LogP contribution in [0.1, 0.15) is 18.1 Å². The van der Waals surface area contributed by atoms with Crippen LogP contribution in [-0.2, 0) is 19.1 Å². The first-order valence-corrected chi connectivity index (χ1v) is 11.0. The molecular weight excluding hydrogens is 512 g/mol. The van der Waals surface area contributed by atoms with E-state index in [1.54, 1.807) is 0 Å². The number of rotatable bonds is 6. The molecule has 0 amide bonds. The molecule has 3 aromatic rings. The number of hydrogen-bond donors (Lipinski definition) is 8. The molecule has 0 aliphatic carbocycles. The monoisotopic (exact) mass is 534 g/mol. The van der Waals surface area contributed by atoms with E-state index in [4.69, 9.17) is 19.0 Å². The first-order chi connectivity index (χ1) is 17.9. The molecule has 0 bridgehead atoms. The third-order valence-electron chi connectivity index (χ3n) is 5.93. The summed E-state index contributed by atoms with van der Waals surface area (Å²) in [7, 11) is 0. The Morgan fingerprint density at radius 3 is 2.26 bits per heavy atom. The highest BCUT2D eigenvalue weighted by atomic mass is 16.6. The van der Waals surface area contributed by atoms with Gasteiger partial charge in [0.2, 0.25) is 5.43 Å². The van der Waals surface area contributed by atoms with Crippen LogP contribution in [0.25, 0.3) is 22.3 Å². The predicted molar refractivity (Wildman–Crippen MR) is 123 cm³/mol. The van der Waals surface area contributed by atoms with Crippen molar-refractivity contribution in [2.24, 2.45) is 0 Å². The molecule has 1 aliphatic heterocycles. The molecule has 1 saturated heterocycles. The summed E-state index contributed by atoms with van der Waals surface area (Å²) in [5.74, 6) is -5.29. The maximum atomic E-state index is 13.6. The van der Waals surface area contributed by atoms with Gasteiger partial charge in [-0.3, -0.25) is 14.4 Å². The summed E-state index contributed by atoms with van der Waals surface area (Å²) in [6.45, 7) is -0.763. The number of carbonyl (C=O) groups is 2. The van der Waals surface area contributed by atoms with Gasteiger partial charge in [0.05, 0.1) is 5.56 Å². The predicted octanol–water partition coefficient (Wildman–Crippen LogP) is -0.177. The summed E-state index contributed by atoms with van der Waals surface area (Å²) in [5.41, 5.74) is -1.81. The lowest BCUT2D eigenvalue weighted by atomic mass is 9.89. The van der Waals surface area contributed by atoms with Crippen LogP contribution < -0.4 is 5.43 Å². The van der Waals surface area contributed by atoms with Gasteiger partial charge in [0.15, 0.2) is 11.5 Å². The zero-order chi connectivity index (χ0) is 27.9. The molecule has 202 valence electrons. The van der Waals surface area contributed by atoms with Gasteiger partial charge in [-0.15, -0.1) is 0 Å². The normalized spacial score (nSPS) is 23.3. The molecule has 0 radical (unpaired) electrons. The molecule has 1 aromatic heterocycles. The summed E-state index contributed by atoms with van der Waals surface area (Å²) < 4.78 is 16.2. The average molecular weight is 534 g/mol. The van der Waals surface area contributed by atoms with Crippen molar-refractivity contribution in [3.63, 3.8) is 0 Å². The van der Waals surface area contributed by atoms with Crippen molar-refractivity contribution in [1.29, 1.82) is 0 Å². The largest absolute Gasteiger partial charge is 0.508 e. The Bertz CT molecular complexity index is 1460. The zero-order valence-electron chi connectivity index (χ0n) is 19.2. The molecule has 5 atom stereocenters. The van der Waals surface area contributed by atoms with Gasteiger partial charge >= 0.3 is 11.9 Å². The fourth-order valence-electron chi connectivity index (χ4n) is 4.11. The van der Waals surface area contributed by atoms with Gasteiger partial charge in [0.25, 0.3) is 0 Å². The van der Waals surface area contributed by atoms with Crippen LogP contribution in [0.3, 0.4) is 0 Å². The van der Waals surface area contributed by atoms with Crippen molar-refractivity contribution in [3.8, 4) is 34.3 Å². The van der Waals surface area contributed by atoms with Crippen LogP contribution in [0.5, 0.6) is 23.0 Å². The van der Waals surface area contributed by atoms with Crippen LogP contribution in [-0.4, -0.2) is 83.8 Å². The number of carboxylic acids is 1. The quantitative estimate of drug-likeness (QED) is 0.116. The second kappa shape index (κ2) is 10.2. The highest BCUT2D eigenvalue weighted by Crippen LogP contribution is 2.41. The topological polar surface area (TPSA) is 245 Å². The summed E-state index contributed by atoms with van der Waals surface area (Å²) in [5, 5.41) is 79.8. The Hall–Kier alpha value is -4.37. The number of aromatic hydroxyl groups is 4. The molecule has 2 heterocycles. The van der Waals surface area contributed by atoms with Gasteiger partial charge in [-0.2, -0.15) is 0 Å². The van der Waals surface area contributed by atoms with E-state index in [0.29, 0.717) is 0 Å². The van der Waals surface area contributed by atoms with Gasteiger partial charge < -0.3 is 54.7 Å². The Balaban J connectivity index is 1.87. The number of carboxylic acid groups (broad SMARTS) is 1. The van der Waals surface area contributed by atoms with Gasteiger partial charge in [-0.05, 0) is 18.2 Å². The van der Waals surface area contributed by atoms with Crippen LogP contribution in [0, 0.1) is 0 Å². The molecule has 0 spiro atoms. The van der Waals surface area contributed by atoms with Gasteiger partial charge in [-0.1, -0.05) is 0 Å². The number of carbonyl (C=O) groups excluding carboxylic acids is 1.